The summed E-state index contributed by atoms with van der Waals surface area (Å²) in [5, 5.41) is 9.38. The van der Waals surface area contributed by atoms with Gasteiger partial charge in [-0.05, 0) is 59.4 Å². The number of rotatable bonds is 10. The molecule has 0 bridgehead atoms. The fraction of sp³-hybridized carbons (Fsp3) is 0.353. The first kappa shape index (κ1) is 31.0. The summed E-state index contributed by atoms with van der Waals surface area (Å²) < 4.78 is 5.50. The van der Waals surface area contributed by atoms with E-state index in [2.05, 4.69) is 60.7 Å². The Labute approximate surface area is 249 Å². The lowest BCUT2D eigenvalue weighted by Crippen LogP contribution is -2.48. The van der Waals surface area contributed by atoms with Crippen LogP contribution in [0, 0.1) is 0 Å². The van der Waals surface area contributed by atoms with E-state index in [0.717, 1.165) is 43.1 Å². The first-order chi connectivity index (χ1) is 20.1. The van der Waals surface area contributed by atoms with Gasteiger partial charge in [0.25, 0.3) is 0 Å². The number of carbonyl (C=O) groups is 2. The number of hydrogen-bond donors (Lipinski definition) is 4. The first-order valence-electron chi connectivity index (χ1n) is 14.5. The molecule has 1 heterocycles. The van der Waals surface area contributed by atoms with E-state index >= 15 is 0 Å². The lowest BCUT2D eigenvalue weighted by molar-refractivity contribution is -0.118. The van der Waals surface area contributed by atoms with Gasteiger partial charge in [-0.1, -0.05) is 69.3 Å². The molecule has 42 heavy (non-hydrogen) atoms. The highest BCUT2D eigenvalue weighted by atomic mass is 16.5. The van der Waals surface area contributed by atoms with Crippen LogP contribution in [0.1, 0.15) is 50.4 Å². The number of ether oxygens (including phenoxy) is 1. The molecule has 1 aliphatic heterocycles. The molecule has 1 fully saturated rings. The van der Waals surface area contributed by atoms with Gasteiger partial charge in [-0.2, -0.15) is 0 Å². The van der Waals surface area contributed by atoms with E-state index in [1.807, 2.05) is 48.5 Å². The number of anilines is 3. The van der Waals surface area contributed by atoms with Crippen molar-refractivity contribution in [3.8, 4) is 0 Å². The van der Waals surface area contributed by atoms with Gasteiger partial charge in [0.05, 0.1) is 24.6 Å². The minimum atomic E-state index is -0.557. The van der Waals surface area contributed by atoms with Gasteiger partial charge in [-0.15, -0.1) is 0 Å². The Kier molecular flexibility index (Phi) is 10.5. The van der Waals surface area contributed by atoms with Crippen molar-refractivity contribution in [1.29, 1.82) is 0 Å². The number of carbonyl (C=O) groups excluding carboxylic acids is 2. The van der Waals surface area contributed by atoms with Crippen molar-refractivity contribution in [2.24, 2.45) is 0 Å². The number of nitrogens with one attached hydrogen (secondary N) is 3. The van der Waals surface area contributed by atoms with Gasteiger partial charge in [0.15, 0.2) is 0 Å². The van der Waals surface area contributed by atoms with Crippen molar-refractivity contribution in [3.05, 3.63) is 95.6 Å². The van der Waals surface area contributed by atoms with Gasteiger partial charge < -0.3 is 26.4 Å². The van der Waals surface area contributed by atoms with E-state index in [0.29, 0.717) is 17.9 Å². The molecule has 1 saturated heterocycles. The number of para-hydroxylation sites is 2. The number of nitrogens with two attached hydrogens (primary N) is 1. The summed E-state index contributed by atoms with van der Waals surface area (Å²) in [6, 6.07) is 22.5. The number of hydrogen-bond acceptors (Lipinski definition) is 6. The van der Waals surface area contributed by atoms with Gasteiger partial charge in [-0.3, -0.25) is 14.5 Å². The van der Waals surface area contributed by atoms with Crippen molar-refractivity contribution >= 4 is 35.0 Å². The maximum atomic E-state index is 13.6. The quantitative estimate of drug-likeness (QED) is 0.197. The molecular formula is C34H43N5O3. The Morgan fingerprint density at radius 3 is 2.26 bits per heavy atom. The largest absolute Gasteiger partial charge is 0.397 e. The molecule has 3 aromatic rings. The summed E-state index contributed by atoms with van der Waals surface area (Å²) >= 11 is 0. The lowest BCUT2D eigenvalue weighted by atomic mass is 9.87. The molecule has 0 radical (unpaired) electrons. The van der Waals surface area contributed by atoms with Crippen molar-refractivity contribution in [2.75, 3.05) is 49.2 Å². The number of nitrogen functional groups attached to an aromatic ring is 1. The topological polar surface area (TPSA) is 109 Å². The maximum Gasteiger partial charge on any atom is 0.248 e. The van der Waals surface area contributed by atoms with E-state index in [1.54, 1.807) is 18.2 Å². The highest BCUT2D eigenvalue weighted by Crippen LogP contribution is 2.25. The molecule has 1 aliphatic rings. The van der Waals surface area contributed by atoms with Gasteiger partial charge >= 0.3 is 0 Å². The van der Waals surface area contributed by atoms with E-state index < -0.39 is 6.04 Å². The Morgan fingerprint density at radius 2 is 1.62 bits per heavy atom. The zero-order valence-corrected chi connectivity index (χ0v) is 25.0. The molecule has 0 spiro atoms. The standard InChI is InChI=1S/C34H43N5O3/c1-24(39-19-21-42-22-20-39)23-36-32(33(41)37-28-16-14-27(15-17-28)34(2,3)4)26-12-9-25(10-13-26)11-18-31(40)38-30-8-6-5-7-29(30)35/h5-18,24,32,36H,19-23,35H2,1-4H3,(H,37,41)(H,38,40). The second-order valence-corrected chi connectivity index (χ2v) is 11.7. The smallest absolute Gasteiger partial charge is 0.248 e. The zero-order chi connectivity index (χ0) is 30.1. The molecule has 2 atom stereocenters. The van der Waals surface area contributed by atoms with Crippen molar-refractivity contribution in [2.45, 2.75) is 45.2 Å². The van der Waals surface area contributed by atoms with Crippen LogP contribution in [0.4, 0.5) is 17.1 Å². The number of nitrogens with zero attached hydrogens (tertiary/aromatic N) is 1. The molecule has 0 aromatic heterocycles. The minimum absolute atomic E-state index is 0.0357. The molecule has 2 amide bonds. The Bertz CT molecular complexity index is 1360. The summed E-state index contributed by atoms with van der Waals surface area (Å²) in [4.78, 5) is 28.4. The SMILES string of the molecule is CC(CNC(C(=O)Nc1ccc(C(C)(C)C)cc1)c1ccc(C=CC(=O)Nc2ccccc2N)cc1)N1CCOCC1. The molecule has 3 aromatic carbocycles. The van der Waals surface area contributed by atoms with Crippen LogP contribution in [0.25, 0.3) is 6.08 Å². The van der Waals surface area contributed by atoms with Crippen LogP contribution in [0.3, 0.4) is 0 Å². The molecule has 8 nitrogen and oxygen atoms in total. The first-order valence-corrected chi connectivity index (χ1v) is 14.5. The molecular weight excluding hydrogens is 526 g/mol. The fourth-order valence-corrected chi connectivity index (χ4v) is 4.82. The highest BCUT2D eigenvalue weighted by Gasteiger charge is 2.24. The van der Waals surface area contributed by atoms with Gasteiger partial charge in [0.2, 0.25) is 11.8 Å². The lowest BCUT2D eigenvalue weighted by Gasteiger charge is -2.33. The number of benzene rings is 3. The molecule has 4 rings (SSSR count). The predicted molar refractivity (Wildman–Crippen MR) is 171 cm³/mol. The van der Waals surface area contributed by atoms with Crippen LogP contribution in [-0.2, 0) is 19.7 Å². The maximum absolute atomic E-state index is 13.6. The van der Waals surface area contributed by atoms with Crippen molar-refractivity contribution < 1.29 is 14.3 Å². The molecule has 8 heteroatoms. The summed E-state index contributed by atoms with van der Waals surface area (Å²) in [7, 11) is 0. The normalized spacial score (nSPS) is 15.7. The Balaban J connectivity index is 1.46. The summed E-state index contributed by atoms with van der Waals surface area (Å²) in [6.45, 7) is 12.5. The van der Waals surface area contributed by atoms with Gasteiger partial charge in [-0.25, -0.2) is 0 Å². The van der Waals surface area contributed by atoms with Crippen LogP contribution in [-0.4, -0.2) is 55.6 Å². The summed E-state index contributed by atoms with van der Waals surface area (Å²) in [5.74, 6) is -0.402. The number of amides is 2. The summed E-state index contributed by atoms with van der Waals surface area (Å²) in [6.07, 6.45) is 3.20. The minimum Gasteiger partial charge on any atom is -0.397 e. The number of morpholine rings is 1. The second-order valence-electron chi connectivity index (χ2n) is 11.7. The average molecular weight is 570 g/mol. The molecule has 0 saturated carbocycles. The van der Waals surface area contributed by atoms with E-state index in [9.17, 15) is 9.59 Å². The third-order valence-corrected chi connectivity index (χ3v) is 7.48. The predicted octanol–water partition coefficient (Wildman–Crippen LogP) is 5.21. The van der Waals surface area contributed by atoms with Crippen LogP contribution in [0.2, 0.25) is 0 Å². The van der Waals surface area contributed by atoms with Crippen LogP contribution < -0.4 is 21.7 Å². The Hall–Kier alpha value is -3.98. The van der Waals surface area contributed by atoms with Crippen LogP contribution >= 0.6 is 0 Å². The monoisotopic (exact) mass is 569 g/mol. The van der Waals surface area contributed by atoms with Crippen LogP contribution in [0.15, 0.2) is 78.9 Å². The third kappa shape index (κ3) is 8.76. The van der Waals surface area contributed by atoms with E-state index in [-0.39, 0.29) is 23.3 Å². The van der Waals surface area contributed by atoms with Crippen molar-refractivity contribution in [1.82, 2.24) is 10.2 Å². The second kappa shape index (κ2) is 14.3. The van der Waals surface area contributed by atoms with E-state index in [4.69, 9.17) is 10.5 Å². The molecule has 2 unspecified atom stereocenters. The third-order valence-electron chi connectivity index (χ3n) is 7.48. The molecule has 5 N–H and O–H groups in total. The highest BCUT2D eigenvalue weighted by molar-refractivity contribution is 6.03. The zero-order valence-electron chi connectivity index (χ0n) is 25.0. The Morgan fingerprint density at radius 1 is 0.952 bits per heavy atom. The van der Waals surface area contributed by atoms with Gasteiger partial charge in [0.1, 0.15) is 6.04 Å². The molecule has 222 valence electrons. The van der Waals surface area contributed by atoms with Gasteiger partial charge in [0, 0.05) is 37.4 Å². The summed E-state index contributed by atoms with van der Waals surface area (Å²) in [5.41, 5.74) is 10.7. The average Bonchev–Trinajstić information content (AvgIpc) is 2.98. The van der Waals surface area contributed by atoms with E-state index in [1.165, 1.54) is 11.6 Å². The van der Waals surface area contributed by atoms with Crippen molar-refractivity contribution in [3.63, 3.8) is 0 Å². The fourth-order valence-electron chi connectivity index (χ4n) is 4.82. The van der Waals surface area contributed by atoms with Crippen LogP contribution in [0.5, 0.6) is 0 Å². The molecule has 0 aliphatic carbocycles.